The highest BCUT2D eigenvalue weighted by Crippen LogP contribution is 2.25. The van der Waals surface area contributed by atoms with Gasteiger partial charge >= 0.3 is 0 Å². The zero-order valence-electron chi connectivity index (χ0n) is 17.2. The summed E-state index contributed by atoms with van der Waals surface area (Å²) in [4.78, 5) is 18.7. The minimum Gasteiger partial charge on any atom is -0.466 e. The van der Waals surface area contributed by atoms with Gasteiger partial charge in [0.05, 0.1) is 0 Å². The summed E-state index contributed by atoms with van der Waals surface area (Å²) in [5, 5.41) is 3.00. The molecule has 1 amide bonds. The monoisotopic (exact) mass is 383 g/mol. The minimum atomic E-state index is 0.147. The molecule has 5 heteroatoms. The van der Waals surface area contributed by atoms with E-state index in [-0.39, 0.29) is 5.91 Å². The van der Waals surface area contributed by atoms with Crippen LogP contribution in [-0.4, -0.2) is 35.4 Å². The van der Waals surface area contributed by atoms with Crippen LogP contribution in [0.5, 0.6) is 0 Å². The predicted molar refractivity (Wildman–Crippen MR) is 111 cm³/mol. The average Bonchev–Trinajstić information content (AvgIpc) is 3.17. The summed E-state index contributed by atoms with van der Waals surface area (Å²) >= 11 is 0. The van der Waals surface area contributed by atoms with Crippen molar-refractivity contribution >= 4 is 5.91 Å². The van der Waals surface area contributed by atoms with E-state index in [1.807, 2.05) is 25.1 Å². The Morgan fingerprint density at radius 1 is 1.32 bits per heavy atom. The molecule has 3 heterocycles. The van der Waals surface area contributed by atoms with Gasteiger partial charge in [-0.25, -0.2) is 0 Å². The van der Waals surface area contributed by atoms with Crippen molar-refractivity contribution in [3.63, 3.8) is 0 Å². The van der Waals surface area contributed by atoms with Crippen LogP contribution in [-0.2, 0) is 11.3 Å². The first-order chi connectivity index (χ1) is 13.6. The molecule has 2 aromatic heterocycles. The molecule has 152 valence electrons. The van der Waals surface area contributed by atoms with E-state index in [0.717, 1.165) is 49.6 Å². The summed E-state index contributed by atoms with van der Waals surface area (Å²) in [7, 11) is 0. The second-order valence-corrected chi connectivity index (χ2v) is 8.10. The predicted octanol–water partition coefficient (Wildman–Crippen LogP) is 4.29. The number of piperidine rings is 1. The Balaban J connectivity index is 1.28. The van der Waals surface area contributed by atoms with Crippen LogP contribution in [0.15, 0.2) is 41.1 Å². The molecule has 1 atom stereocenters. The first-order valence-electron chi connectivity index (χ1n) is 10.5. The van der Waals surface area contributed by atoms with Crippen molar-refractivity contribution in [1.82, 2.24) is 15.2 Å². The van der Waals surface area contributed by atoms with Crippen molar-refractivity contribution in [2.75, 3.05) is 19.6 Å². The van der Waals surface area contributed by atoms with E-state index in [1.165, 1.54) is 12.8 Å². The normalized spacial score (nSPS) is 16.8. The maximum atomic E-state index is 12.1. The Morgan fingerprint density at radius 2 is 2.14 bits per heavy atom. The Morgan fingerprint density at radius 3 is 2.82 bits per heavy atom. The zero-order chi connectivity index (χ0) is 19.8. The Hall–Kier alpha value is -2.14. The van der Waals surface area contributed by atoms with Crippen LogP contribution in [0, 0.1) is 12.8 Å². The summed E-state index contributed by atoms with van der Waals surface area (Å²) in [5.41, 5.74) is 1.04. The largest absolute Gasteiger partial charge is 0.466 e. The van der Waals surface area contributed by atoms with Gasteiger partial charge in [-0.1, -0.05) is 13.0 Å². The number of hydrogen-bond acceptors (Lipinski definition) is 4. The third kappa shape index (κ3) is 6.48. The third-order valence-electron chi connectivity index (χ3n) is 5.82. The van der Waals surface area contributed by atoms with Gasteiger partial charge in [-0.2, -0.15) is 0 Å². The van der Waals surface area contributed by atoms with Gasteiger partial charge in [0.2, 0.25) is 5.91 Å². The highest BCUT2D eigenvalue weighted by molar-refractivity contribution is 5.75. The van der Waals surface area contributed by atoms with Crippen molar-refractivity contribution in [1.29, 1.82) is 0 Å². The van der Waals surface area contributed by atoms with Gasteiger partial charge in [0, 0.05) is 31.3 Å². The SMILES string of the molecule is Cc1ccc(C(C)CCN2CCC(CCC(=O)NCc3cccnc3)CC2)o1. The number of rotatable bonds is 9. The molecule has 0 spiro atoms. The van der Waals surface area contributed by atoms with Crippen LogP contribution in [0.1, 0.15) is 62.0 Å². The lowest BCUT2D eigenvalue weighted by molar-refractivity contribution is -0.121. The molecule has 2 aromatic rings. The van der Waals surface area contributed by atoms with Gasteiger partial charge in [-0.05, 0) is 81.9 Å². The summed E-state index contributed by atoms with van der Waals surface area (Å²) in [6.07, 6.45) is 8.69. The van der Waals surface area contributed by atoms with E-state index in [9.17, 15) is 4.79 Å². The third-order valence-corrected chi connectivity index (χ3v) is 5.82. The first-order valence-corrected chi connectivity index (χ1v) is 10.5. The van der Waals surface area contributed by atoms with Crippen LogP contribution >= 0.6 is 0 Å². The molecule has 1 unspecified atom stereocenters. The van der Waals surface area contributed by atoms with Gasteiger partial charge in [0.25, 0.3) is 0 Å². The number of aryl methyl sites for hydroxylation is 1. The van der Waals surface area contributed by atoms with E-state index in [1.54, 1.807) is 12.4 Å². The van der Waals surface area contributed by atoms with Gasteiger partial charge in [-0.15, -0.1) is 0 Å². The van der Waals surface area contributed by atoms with Crippen LogP contribution < -0.4 is 5.32 Å². The number of carbonyl (C=O) groups excluding carboxylic acids is 1. The zero-order valence-corrected chi connectivity index (χ0v) is 17.2. The molecule has 28 heavy (non-hydrogen) atoms. The number of hydrogen-bond donors (Lipinski definition) is 1. The molecule has 0 aromatic carbocycles. The number of nitrogens with one attached hydrogen (secondary N) is 1. The second kappa shape index (κ2) is 10.4. The fraction of sp³-hybridized carbons (Fsp3) is 0.565. The molecule has 1 N–H and O–H groups in total. The number of likely N-dealkylation sites (tertiary alicyclic amines) is 1. The molecular weight excluding hydrogens is 350 g/mol. The molecule has 1 aliphatic rings. The highest BCUT2D eigenvalue weighted by Gasteiger charge is 2.20. The summed E-state index contributed by atoms with van der Waals surface area (Å²) in [5.74, 6) is 3.38. The average molecular weight is 384 g/mol. The number of nitrogens with zero attached hydrogens (tertiary/aromatic N) is 2. The van der Waals surface area contributed by atoms with Crippen molar-refractivity contribution in [2.24, 2.45) is 5.92 Å². The molecule has 1 saturated heterocycles. The molecule has 5 nitrogen and oxygen atoms in total. The van der Waals surface area contributed by atoms with Crippen LogP contribution in [0.2, 0.25) is 0 Å². The second-order valence-electron chi connectivity index (χ2n) is 8.10. The van der Waals surface area contributed by atoms with Crippen LogP contribution in [0.3, 0.4) is 0 Å². The van der Waals surface area contributed by atoms with E-state index < -0.39 is 0 Å². The molecule has 0 bridgehead atoms. The summed E-state index contributed by atoms with van der Waals surface area (Å²) in [6.45, 7) is 8.23. The van der Waals surface area contributed by atoms with Crippen LogP contribution in [0.25, 0.3) is 0 Å². The van der Waals surface area contributed by atoms with Gasteiger partial charge in [0.1, 0.15) is 11.5 Å². The lowest BCUT2D eigenvalue weighted by Crippen LogP contribution is -2.35. The summed E-state index contributed by atoms with van der Waals surface area (Å²) < 4.78 is 5.74. The van der Waals surface area contributed by atoms with Gasteiger partial charge in [0.15, 0.2) is 0 Å². The number of furan rings is 1. The van der Waals surface area contributed by atoms with Crippen molar-refractivity contribution in [3.8, 4) is 0 Å². The van der Waals surface area contributed by atoms with Crippen molar-refractivity contribution < 1.29 is 9.21 Å². The van der Waals surface area contributed by atoms with Gasteiger partial charge < -0.3 is 14.6 Å². The molecule has 0 radical (unpaired) electrons. The topological polar surface area (TPSA) is 58.4 Å². The van der Waals surface area contributed by atoms with Gasteiger partial charge in [-0.3, -0.25) is 9.78 Å². The van der Waals surface area contributed by atoms with E-state index >= 15 is 0 Å². The van der Waals surface area contributed by atoms with Crippen molar-refractivity contribution in [3.05, 3.63) is 53.7 Å². The number of pyridine rings is 1. The van der Waals surface area contributed by atoms with E-state index in [4.69, 9.17) is 4.42 Å². The molecule has 1 fully saturated rings. The molecule has 0 aliphatic carbocycles. The molecule has 3 rings (SSSR count). The number of amides is 1. The molecule has 1 aliphatic heterocycles. The van der Waals surface area contributed by atoms with Crippen molar-refractivity contribution in [2.45, 2.75) is 58.4 Å². The maximum absolute atomic E-state index is 12.1. The van der Waals surface area contributed by atoms with E-state index in [0.29, 0.717) is 24.8 Å². The number of carbonyl (C=O) groups is 1. The smallest absolute Gasteiger partial charge is 0.220 e. The maximum Gasteiger partial charge on any atom is 0.220 e. The Kier molecular flexibility index (Phi) is 7.66. The number of aromatic nitrogens is 1. The first kappa shape index (κ1) is 20.6. The Labute approximate surface area is 168 Å². The molecule has 0 saturated carbocycles. The minimum absolute atomic E-state index is 0.147. The Bertz CT molecular complexity index is 720. The van der Waals surface area contributed by atoms with Crippen LogP contribution in [0.4, 0.5) is 0 Å². The summed E-state index contributed by atoms with van der Waals surface area (Å²) in [6, 6.07) is 8.03. The lowest BCUT2D eigenvalue weighted by atomic mass is 9.91. The molecular formula is C23H33N3O2. The fourth-order valence-corrected chi connectivity index (χ4v) is 3.86. The standard InChI is InChI=1S/C23H33N3O2/c1-18(22-7-5-19(2)28-22)9-13-26-14-10-20(11-15-26)6-8-23(27)25-17-21-4-3-12-24-16-21/h3-5,7,12,16,18,20H,6,8-11,13-15,17H2,1-2H3,(H,25,27). The van der Waals surface area contributed by atoms with E-state index in [2.05, 4.69) is 28.2 Å². The highest BCUT2D eigenvalue weighted by atomic mass is 16.3. The quantitative estimate of drug-likeness (QED) is 0.702. The lowest BCUT2D eigenvalue weighted by Gasteiger charge is -2.32. The fourth-order valence-electron chi connectivity index (χ4n) is 3.86.